The van der Waals surface area contributed by atoms with E-state index in [2.05, 4.69) is 52.7 Å². The molecule has 0 saturated carbocycles. The van der Waals surface area contributed by atoms with E-state index in [9.17, 15) is 0 Å². The molecule has 7 heteroatoms. The fraction of sp³-hybridized carbons (Fsp3) is 0.400. The number of hydrogen-bond acceptors (Lipinski definition) is 3. The van der Waals surface area contributed by atoms with Gasteiger partial charge in [-0.05, 0) is 50.5 Å². The normalized spacial score (nSPS) is 10.9. The topological polar surface area (TPSA) is 58.5 Å². The van der Waals surface area contributed by atoms with Gasteiger partial charge in [-0.1, -0.05) is 29.8 Å². The number of aromatic nitrogens is 1. The van der Waals surface area contributed by atoms with Gasteiger partial charge in [0.25, 0.3) is 0 Å². The number of nitrogens with one attached hydrogen (secondary N) is 2. The molecular formula is C20H28ClIN4O. The Bertz CT molecular complexity index is 722. The van der Waals surface area contributed by atoms with Gasteiger partial charge >= 0.3 is 0 Å². The van der Waals surface area contributed by atoms with Gasteiger partial charge in [-0.25, -0.2) is 9.98 Å². The third-order valence-electron chi connectivity index (χ3n) is 3.77. The summed E-state index contributed by atoms with van der Waals surface area (Å²) in [6, 6.07) is 10.0. The summed E-state index contributed by atoms with van der Waals surface area (Å²) in [6.45, 7) is 8.89. The third-order valence-corrected chi connectivity index (χ3v) is 3.99. The molecule has 0 aliphatic carbocycles. The summed E-state index contributed by atoms with van der Waals surface area (Å²) in [6.07, 6.45) is 2.65. The lowest BCUT2D eigenvalue weighted by Crippen LogP contribution is -2.38. The molecule has 1 heterocycles. The van der Waals surface area contributed by atoms with E-state index in [1.54, 1.807) is 6.20 Å². The first-order valence-corrected chi connectivity index (χ1v) is 9.35. The van der Waals surface area contributed by atoms with Crippen LogP contribution in [0.5, 0.6) is 5.75 Å². The number of nitrogens with zero attached hydrogens (tertiary/aromatic N) is 2. The molecule has 1 aromatic heterocycles. The lowest BCUT2D eigenvalue weighted by atomic mass is 10.1. The number of halogens is 2. The molecule has 0 unspecified atom stereocenters. The lowest BCUT2D eigenvalue weighted by molar-refractivity contribution is 0.336. The number of hydrogen-bond donors (Lipinski definition) is 2. The number of benzene rings is 1. The molecular weight excluding hydrogens is 475 g/mol. The summed E-state index contributed by atoms with van der Waals surface area (Å²) in [5.41, 5.74) is 3.40. The maximum Gasteiger partial charge on any atom is 0.191 e. The Kier molecular flexibility index (Phi) is 11.1. The summed E-state index contributed by atoms with van der Waals surface area (Å²) in [7, 11) is 0. The van der Waals surface area contributed by atoms with Gasteiger partial charge in [0.15, 0.2) is 5.96 Å². The van der Waals surface area contributed by atoms with E-state index in [0.29, 0.717) is 18.3 Å². The van der Waals surface area contributed by atoms with Crippen LogP contribution in [0.15, 0.2) is 41.5 Å². The highest BCUT2D eigenvalue weighted by molar-refractivity contribution is 14.0. The van der Waals surface area contributed by atoms with Crippen molar-refractivity contribution < 1.29 is 4.74 Å². The van der Waals surface area contributed by atoms with Gasteiger partial charge < -0.3 is 15.4 Å². The Morgan fingerprint density at radius 1 is 1.19 bits per heavy atom. The second-order valence-electron chi connectivity index (χ2n) is 5.91. The SMILES string of the molecule is CCNC(=NCc1ccc(C)cc1OCC)NCCc1ccc(Cl)nc1.I. The highest BCUT2D eigenvalue weighted by Crippen LogP contribution is 2.21. The maximum atomic E-state index is 5.82. The van der Waals surface area contributed by atoms with Gasteiger partial charge in [-0.2, -0.15) is 0 Å². The van der Waals surface area contributed by atoms with Crippen molar-refractivity contribution in [2.24, 2.45) is 4.99 Å². The molecule has 148 valence electrons. The van der Waals surface area contributed by atoms with Crippen molar-refractivity contribution in [3.05, 3.63) is 58.4 Å². The maximum absolute atomic E-state index is 5.82. The average Bonchev–Trinajstić information content (AvgIpc) is 2.63. The van der Waals surface area contributed by atoms with Crippen molar-refractivity contribution in [3.63, 3.8) is 0 Å². The van der Waals surface area contributed by atoms with E-state index in [1.807, 2.05) is 19.1 Å². The molecule has 0 aliphatic rings. The standard InChI is InChI=1S/C20H27ClN4O.HI/c1-4-22-20(23-11-10-16-7-9-19(21)24-13-16)25-14-17-8-6-15(3)12-18(17)26-5-2;/h6-9,12-13H,4-5,10-11,14H2,1-3H3,(H2,22,23,25);1H. The summed E-state index contributed by atoms with van der Waals surface area (Å²) in [5.74, 6) is 1.69. The van der Waals surface area contributed by atoms with E-state index in [1.165, 1.54) is 5.56 Å². The van der Waals surface area contributed by atoms with Crippen LogP contribution >= 0.6 is 35.6 Å². The Labute approximate surface area is 184 Å². The Morgan fingerprint density at radius 3 is 2.67 bits per heavy atom. The van der Waals surface area contributed by atoms with Gasteiger partial charge in [0.1, 0.15) is 10.9 Å². The van der Waals surface area contributed by atoms with Crippen LogP contribution in [0.25, 0.3) is 0 Å². The summed E-state index contributed by atoms with van der Waals surface area (Å²) in [4.78, 5) is 8.78. The van der Waals surface area contributed by atoms with E-state index in [0.717, 1.165) is 42.3 Å². The van der Waals surface area contributed by atoms with Gasteiger partial charge in [-0.15, -0.1) is 24.0 Å². The highest BCUT2D eigenvalue weighted by Gasteiger charge is 2.05. The molecule has 0 atom stereocenters. The number of guanidine groups is 1. The van der Waals surface area contributed by atoms with Crippen molar-refractivity contribution in [1.29, 1.82) is 0 Å². The van der Waals surface area contributed by atoms with Gasteiger partial charge in [-0.3, -0.25) is 0 Å². The molecule has 2 N–H and O–H groups in total. The molecule has 0 fully saturated rings. The van der Waals surface area contributed by atoms with Crippen LogP contribution in [-0.2, 0) is 13.0 Å². The second kappa shape index (κ2) is 12.8. The van der Waals surface area contributed by atoms with E-state index in [-0.39, 0.29) is 24.0 Å². The number of pyridine rings is 1. The average molecular weight is 503 g/mol. The van der Waals surface area contributed by atoms with Crippen LogP contribution in [0.1, 0.15) is 30.5 Å². The van der Waals surface area contributed by atoms with Gasteiger partial charge in [0.05, 0.1) is 13.2 Å². The van der Waals surface area contributed by atoms with Gasteiger partial charge in [0.2, 0.25) is 0 Å². The van der Waals surface area contributed by atoms with Crippen molar-refractivity contribution in [2.75, 3.05) is 19.7 Å². The zero-order chi connectivity index (χ0) is 18.8. The fourth-order valence-electron chi connectivity index (χ4n) is 2.47. The van der Waals surface area contributed by atoms with Crippen LogP contribution in [-0.4, -0.2) is 30.6 Å². The minimum Gasteiger partial charge on any atom is -0.494 e. The fourth-order valence-corrected chi connectivity index (χ4v) is 2.58. The van der Waals surface area contributed by atoms with Crippen molar-refractivity contribution in [3.8, 4) is 5.75 Å². The van der Waals surface area contributed by atoms with Crippen molar-refractivity contribution >= 4 is 41.5 Å². The first-order chi connectivity index (χ1) is 12.6. The summed E-state index contributed by atoms with van der Waals surface area (Å²) < 4.78 is 5.73. The molecule has 0 spiro atoms. The molecule has 0 saturated heterocycles. The van der Waals surface area contributed by atoms with Crippen LogP contribution in [0.3, 0.4) is 0 Å². The molecule has 0 amide bonds. The zero-order valence-electron chi connectivity index (χ0n) is 16.1. The predicted octanol–water partition coefficient (Wildman–Crippen LogP) is 4.36. The minimum absolute atomic E-state index is 0. The largest absolute Gasteiger partial charge is 0.494 e. The molecule has 0 radical (unpaired) electrons. The quantitative estimate of drug-likeness (QED) is 0.244. The first-order valence-electron chi connectivity index (χ1n) is 8.97. The number of rotatable bonds is 8. The van der Waals surface area contributed by atoms with Gasteiger partial charge in [0, 0.05) is 24.8 Å². The molecule has 5 nitrogen and oxygen atoms in total. The molecule has 27 heavy (non-hydrogen) atoms. The molecule has 2 aromatic rings. The predicted molar refractivity (Wildman–Crippen MR) is 124 cm³/mol. The Balaban J connectivity index is 0.00000364. The highest BCUT2D eigenvalue weighted by atomic mass is 127. The Morgan fingerprint density at radius 2 is 2.00 bits per heavy atom. The lowest BCUT2D eigenvalue weighted by Gasteiger charge is -2.13. The van der Waals surface area contributed by atoms with Crippen LogP contribution in [0.4, 0.5) is 0 Å². The number of ether oxygens (including phenoxy) is 1. The minimum atomic E-state index is 0. The Hall–Kier alpha value is -1.54. The number of aliphatic imine (C=N–C) groups is 1. The zero-order valence-corrected chi connectivity index (χ0v) is 19.2. The molecule has 0 bridgehead atoms. The van der Waals surface area contributed by atoms with Crippen LogP contribution in [0, 0.1) is 6.92 Å². The molecule has 0 aliphatic heterocycles. The molecule has 2 rings (SSSR count). The first kappa shape index (κ1) is 23.5. The van der Waals surface area contributed by atoms with E-state index < -0.39 is 0 Å². The number of aryl methyl sites for hydroxylation is 1. The van der Waals surface area contributed by atoms with Crippen molar-refractivity contribution in [1.82, 2.24) is 15.6 Å². The summed E-state index contributed by atoms with van der Waals surface area (Å²) >= 11 is 5.82. The van der Waals surface area contributed by atoms with E-state index in [4.69, 9.17) is 16.3 Å². The van der Waals surface area contributed by atoms with Crippen LogP contribution < -0.4 is 15.4 Å². The second-order valence-corrected chi connectivity index (χ2v) is 6.29. The monoisotopic (exact) mass is 502 g/mol. The van der Waals surface area contributed by atoms with E-state index >= 15 is 0 Å². The van der Waals surface area contributed by atoms with Crippen molar-refractivity contribution in [2.45, 2.75) is 33.7 Å². The smallest absolute Gasteiger partial charge is 0.191 e. The summed E-state index contributed by atoms with van der Waals surface area (Å²) in [5, 5.41) is 7.14. The third kappa shape index (κ3) is 8.34. The molecule has 1 aromatic carbocycles. The van der Waals surface area contributed by atoms with Crippen LogP contribution in [0.2, 0.25) is 5.15 Å².